The number of hydrogen-bond acceptors (Lipinski definition) is 6. The van der Waals surface area contributed by atoms with Gasteiger partial charge in [0.05, 0.1) is 10.6 Å². The molecular formula is C31H39FN4O4S2. The zero-order valence-electron chi connectivity index (χ0n) is 23.9. The van der Waals surface area contributed by atoms with Gasteiger partial charge in [-0.1, -0.05) is 24.3 Å². The van der Waals surface area contributed by atoms with E-state index in [0.717, 1.165) is 45.2 Å². The summed E-state index contributed by atoms with van der Waals surface area (Å²) < 4.78 is 71.5. The molecule has 0 radical (unpaired) electrons. The number of pyridine rings is 1. The molecular weight excluding hydrogens is 575 g/mol. The van der Waals surface area contributed by atoms with E-state index in [0.29, 0.717) is 44.3 Å². The normalized spacial score (nSPS) is 22.2. The Bertz CT molecular complexity index is 1620. The fourth-order valence-electron chi connectivity index (χ4n) is 7.16. The van der Waals surface area contributed by atoms with Gasteiger partial charge in [0, 0.05) is 67.6 Å². The first-order valence-corrected chi connectivity index (χ1v) is 18.1. The third kappa shape index (κ3) is 5.80. The summed E-state index contributed by atoms with van der Waals surface area (Å²) in [5.74, 6) is -0.425. The highest BCUT2D eigenvalue weighted by Crippen LogP contribution is 2.42. The van der Waals surface area contributed by atoms with Crippen molar-refractivity contribution in [3.05, 3.63) is 66.7 Å². The first kappa shape index (κ1) is 29.5. The van der Waals surface area contributed by atoms with Gasteiger partial charge in [0.1, 0.15) is 5.82 Å². The number of nitrogens with zero attached hydrogens (tertiary/aromatic N) is 4. The highest BCUT2D eigenvalue weighted by atomic mass is 32.2. The first-order chi connectivity index (χ1) is 20.2. The number of fused-ring (bicyclic) bond motifs is 1. The molecule has 0 amide bonds. The van der Waals surface area contributed by atoms with E-state index >= 15 is 0 Å². The Morgan fingerprint density at radius 2 is 1.50 bits per heavy atom. The molecule has 0 bridgehead atoms. The largest absolute Gasteiger partial charge is 0.371 e. The molecule has 0 saturated carbocycles. The Hall–Kier alpha value is -2.60. The smallest absolute Gasteiger partial charge is 0.243 e. The average Bonchev–Trinajstić information content (AvgIpc) is 3.48. The van der Waals surface area contributed by atoms with Crippen LogP contribution in [0.15, 0.2) is 65.8 Å². The predicted octanol–water partition coefficient (Wildman–Crippen LogP) is 5.02. The Morgan fingerprint density at radius 1 is 0.833 bits per heavy atom. The van der Waals surface area contributed by atoms with E-state index in [1.807, 2.05) is 24.5 Å². The minimum Gasteiger partial charge on any atom is -0.371 e. The summed E-state index contributed by atoms with van der Waals surface area (Å²) in [6.07, 6.45) is 9.86. The maximum Gasteiger partial charge on any atom is 0.243 e. The van der Waals surface area contributed by atoms with Crippen molar-refractivity contribution in [3.63, 3.8) is 0 Å². The molecule has 4 heterocycles. The van der Waals surface area contributed by atoms with E-state index in [1.165, 1.54) is 22.1 Å². The number of benzene rings is 2. The molecule has 42 heavy (non-hydrogen) atoms. The Kier molecular flexibility index (Phi) is 8.30. The van der Waals surface area contributed by atoms with Crippen LogP contribution in [0.25, 0.3) is 10.8 Å². The molecule has 3 aliphatic rings. The maximum absolute atomic E-state index is 14.4. The highest BCUT2D eigenvalue weighted by molar-refractivity contribution is 7.89. The topological polar surface area (TPSA) is 90.9 Å². The number of anilines is 1. The molecule has 3 saturated heterocycles. The highest BCUT2D eigenvalue weighted by Gasteiger charge is 2.41. The molecule has 1 spiro atoms. The molecule has 1 unspecified atom stereocenters. The van der Waals surface area contributed by atoms with Crippen molar-refractivity contribution in [2.45, 2.75) is 62.3 Å². The van der Waals surface area contributed by atoms with Crippen molar-refractivity contribution >= 4 is 36.5 Å². The average molecular weight is 615 g/mol. The lowest BCUT2D eigenvalue weighted by Crippen LogP contribution is -2.48. The maximum atomic E-state index is 14.4. The van der Waals surface area contributed by atoms with Crippen molar-refractivity contribution < 1.29 is 21.2 Å². The molecule has 1 aromatic heterocycles. The van der Waals surface area contributed by atoms with Crippen LogP contribution in [0, 0.1) is 11.2 Å². The van der Waals surface area contributed by atoms with Crippen LogP contribution >= 0.6 is 0 Å². The first-order valence-electron chi connectivity index (χ1n) is 15.0. The number of rotatable bonds is 8. The molecule has 0 aliphatic carbocycles. The van der Waals surface area contributed by atoms with Gasteiger partial charge in [0.25, 0.3) is 0 Å². The second kappa shape index (κ2) is 11.8. The molecule has 226 valence electrons. The van der Waals surface area contributed by atoms with Crippen LogP contribution in [0.5, 0.6) is 0 Å². The fourth-order valence-corrected chi connectivity index (χ4v) is 10.6. The summed E-state index contributed by atoms with van der Waals surface area (Å²) in [6, 6.07) is 13.0. The quantitative estimate of drug-likeness (QED) is 0.354. The van der Waals surface area contributed by atoms with Gasteiger partial charge in [-0.15, -0.1) is 0 Å². The minimum atomic E-state index is -3.85. The third-order valence-electron chi connectivity index (χ3n) is 9.71. The van der Waals surface area contributed by atoms with Crippen molar-refractivity contribution in [3.8, 4) is 0 Å². The molecule has 3 aliphatic heterocycles. The zero-order chi connectivity index (χ0) is 29.4. The second-order valence-electron chi connectivity index (χ2n) is 12.1. The van der Waals surface area contributed by atoms with Crippen molar-refractivity contribution in [1.29, 1.82) is 0 Å². The molecule has 1 atom stereocenters. The van der Waals surface area contributed by atoms with Gasteiger partial charge in [-0.3, -0.25) is 4.98 Å². The zero-order valence-corrected chi connectivity index (χ0v) is 25.5. The van der Waals surface area contributed by atoms with Crippen LogP contribution in [0.2, 0.25) is 0 Å². The van der Waals surface area contributed by atoms with Crippen molar-refractivity contribution in [2.75, 3.05) is 43.4 Å². The van der Waals surface area contributed by atoms with Crippen LogP contribution in [0.4, 0.5) is 10.1 Å². The van der Waals surface area contributed by atoms with E-state index < -0.39 is 25.9 Å². The van der Waals surface area contributed by atoms with Gasteiger partial charge in [-0.25, -0.2) is 25.5 Å². The standard InChI is InChI=1S/C31H39FN4O4S2/c32-29-9-10-30(28-8-2-1-7-27(28)29)42(39,40)36-19-3-5-26(36)6-4-24-41(37,38)35-22-15-31(16-23-35)13-20-34(21-14-31)25-11-17-33-18-12-25/h1-2,7-12,17-18,26H,3-6,13-16,19-24H2. The van der Waals surface area contributed by atoms with E-state index in [4.69, 9.17) is 0 Å². The lowest BCUT2D eigenvalue weighted by molar-refractivity contribution is 0.119. The number of piperidine rings is 2. The monoisotopic (exact) mass is 614 g/mol. The van der Waals surface area contributed by atoms with Crippen LogP contribution in [0.3, 0.4) is 0 Å². The molecule has 0 N–H and O–H groups in total. The van der Waals surface area contributed by atoms with Gasteiger partial charge in [0.15, 0.2) is 0 Å². The molecule has 3 aromatic rings. The molecule has 2 aromatic carbocycles. The van der Waals surface area contributed by atoms with Crippen molar-refractivity contribution in [1.82, 2.24) is 13.6 Å². The molecule has 8 nitrogen and oxygen atoms in total. The number of hydrogen-bond donors (Lipinski definition) is 0. The summed E-state index contributed by atoms with van der Waals surface area (Å²) in [6.45, 7) is 3.45. The van der Waals surface area contributed by atoms with Crippen LogP contribution in [0.1, 0.15) is 51.4 Å². The molecule has 6 rings (SSSR count). The lowest BCUT2D eigenvalue weighted by Gasteiger charge is -2.47. The fraction of sp³-hybridized carbons (Fsp3) is 0.516. The van der Waals surface area contributed by atoms with Crippen LogP contribution in [-0.4, -0.2) is 74.9 Å². The van der Waals surface area contributed by atoms with E-state index in [-0.39, 0.29) is 27.5 Å². The Balaban J connectivity index is 1.03. The van der Waals surface area contributed by atoms with Gasteiger partial charge in [-0.05, 0) is 81.0 Å². The van der Waals surface area contributed by atoms with Gasteiger partial charge in [-0.2, -0.15) is 4.31 Å². The van der Waals surface area contributed by atoms with Gasteiger partial charge < -0.3 is 4.90 Å². The number of halogens is 1. The van der Waals surface area contributed by atoms with Crippen molar-refractivity contribution in [2.24, 2.45) is 5.41 Å². The summed E-state index contributed by atoms with van der Waals surface area (Å²) in [4.78, 5) is 6.60. The second-order valence-corrected chi connectivity index (χ2v) is 16.0. The Labute approximate surface area is 248 Å². The Morgan fingerprint density at radius 3 is 2.21 bits per heavy atom. The van der Waals surface area contributed by atoms with Crippen LogP contribution < -0.4 is 4.90 Å². The van der Waals surface area contributed by atoms with E-state index in [9.17, 15) is 21.2 Å². The number of aromatic nitrogens is 1. The summed E-state index contributed by atoms with van der Waals surface area (Å²) in [5.41, 5.74) is 1.40. The number of sulfonamides is 2. The van der Waals surface area contributed by atoms with Gasteiger partial charge >= 0.3 is 0 Å². The minimum absolute atomic E-state index is 0.0275. The summed E-state index contributed by atoms with van der Waals surface area (Å²) in [7, 11) is -7.27. The van der Waals surface area contributed by atoms with Gasteiger partial charge in [0.2, 0.25) is 20.0 Å². The van der Waals surface area contributed by atoms with E-state index in [1.54, 1.807) is 28.6 Å². The SMILES string of the molecule is O=S(=O)(CCCC1CCCN1S(=O)(=O)c1ccc(F)c2ccccc12)N1CCC2(CCN(c3ccncc3)CC2)CC1. The van der Waals surface area contributed by atoms with Crippen LogP contribution in [-0.2, 0) is 20.0 Å². The predicted molar refractivity (Wildman–Crippen MR) is 163 cm³/mol. The summed E-state index contributed by atoms with van der Waals surface area (Å²) >= 11 is 0. The molecule has 11 heteroatoms. The third-order valence-corrected chi connectivity index (χ3v) is 13.7. The summed E-state index contributed by atoms with van der Waals surface area (Å²) in [5, 5.41) is 0.652. The molecule has 3 fully saturated rings. The lowest BCUT2D eigenvalue weighted by atomic mass is 9.71. The van der Waals surface area contributed by atoms with E-state index in [2.05, 4.69) is 9.88 Å².